The summed E-state index contributed by atoms with van der Waals surface area (Å²) in [5.74, 6) is 1.80. The average Bonchev–Trinajstić information content (AvgIpc) is 3.09. The molecule has 0 bridgehead atoms. The Bertz CT molecular complexity index is 1190. The number of phenols is 2. The molecule has 0 saturated carbocycles. The van der Waals surface area contributed by atoms with E-state index < -0.39 is 0 Å². The minimum atomic E-state index is 0.0874. The molecule has 0 saturated heterocycles. The summed E-state index contributed by atoms with van der Waals surface area (Å²) < 4.78 is 18.0. The van der Waals surface area contributed by atoms with Crippen LogP contribution in [0.3, 0.4) is 0 Å². The predicted octanol–water partition coefficient (Wildman–Crippen LogP) is 2.88. The number of aromatic hydroxyl groups is 2. The van der Waals surface area contributed by atoms with Gasteiger partial charge in [-0.25, -0.2) is 0 Å². The van der Waals surface area contributed by atoms with E-state index in [0.29, 0.717) is 28.0 Å². The maximum atomic E-state index is 10.5. The zero-order valence-electron chi connectivity index (χ0n) is 13.3. The maximum Gasteiger partial charge on any atom is 0.231 e. The van der Waals surface area contributed by atoms with Gasteiger partial charge in [-0.3, -0.25) is 0 Å². The molecule has 25 heavy (non-hydrogen) atoms. The molecular weight excluding hydrogens is 322 g/mol. The van der Waals surface area contributed by atoms with Crippen LogP contribution in [-0.4, -0.2) is 24.1 Å². The van der Waals surface area contributed by atoms with Gasteiger partial charge in [0.05, 0.1) is 17.9 Å². The Labute approximate surface area is 142 Å². The minimum absolute atomic E-state index is 0.0874. The quantitative estimate of drug-likeness (QED) is 0.318. The molecule has 0 radical (unpaired) electrons. The fourth-order valence-corrected chi connectivity index (χ4v) is 3.42. The van der Waals surface area contributed by atoms with Crippen molar-refractivity contribution in [3.63, 3.8) is 0 Å². The SMILES string of the molecule is COc1ccc2cc3c4c(O)cc5c(c4cc[n+]3cc2c1O)OCO5. The van der Waals surface area contributed by atoms with E-state index in [1.807, 2.05) is 35.0 Å². The monoisotopic (exact) mass is 336 g/mol. The van der Waals surface area contributed by atoms with E-state index in [-0.39, 0.29) is 18.3 Å². The first-order chi connectivity index (χ1) is 12.2. The van der Waals surface area contributed by atoms with Gasteiger partial charge in [-0.05, 0) is 17.5 Å². The van der Waals surface area contributed by atoms with E-state index in [2.05, 4.69) is 0 Å². The second-order valence-electron chi connectivity index (χ2n) is 5.92. The highest BCUT2D eigenvalue weighted by Crippen LogP contribution is 2.45. The van der Waals surface area contributed by atoms with Crippen molar-refractivity contribution in [3.05, 3.63) is 42.7 Å². The molecule has 2 N–H and O–H groups in total. The third kappa shape index (κ3) is 1.82. The van der Waals surface area contributed by atoms with Crippen LogP contribution in [0.1, 0.15) is 0 Å². The van der Waals surface area contributed by atoms with Gasteiger partial charge >= 0.3 is 0 Å². The molecule has 0 unspecified atom stereocenters. The third-order valence-electron chi connectivity index (χ3n) is 4.61. The Balaban J connectivity index is 1.93. The van der Waals surface area contributed by atoms with Crippen LogP contribution in [0.15, 0.2) is 42.7 Å². The number of ether oxygens (including phenoxy) is 3. The fourth-order valence-electron chi connectivity index (χ4n) is 3.42. The van der Waals surface area contributed by atoms with Gasteiger partial charge in [0.15, 0.2) is 35.4 Å². The molecule has 6 heteroatoms. The Hall–Kier alpha value is -3.41. The van der Waals surface area contributed by atoms with Crippen molar-refractivity contribution in [2.45, 2.75) is 0 Å². The molecule has 0 amide bonds. The van der Waals surface area contributed by atoms with Crippen molar-refractivity contribution in [3.8, 4) is 28.7 Å². The lowest BCUT2D eigenvalue weighted by Crippen LogP contribution is -2.20. The zero-order chi connectivity index (χ0) is 17.1. The van der Waals surface area contributed by atoms with E-state index in [1.165, 1.54) is 7.11 Å². The zero-order valence-corrected chi connectivity index (χ0v) is 13.3. The molecule has 0 spiro atoms. The number of benzene rings is 2. The molecule has 124 valence electrons. The van der Waals surface area contributed by atoms with E-state index in [0.717, 1.165) is 16.3 Å². The fraction of sp³-hybridized carbons (Fsp3) is 0.105. The molecule has 3 heterocycles. The van der Waals surface area contributed by atoms with Gasteiger partial charge in [0.1, 0.15) is 5.75 Å². The second-order valence-corrected chi connectivity index (χ2v) is 5.92. The molecule has 6 nitrogen and oxygen atoms in total. The standard InChI is InChI=1S/C19H13NO5/c1-23-15-3-2-10-6-13-17-11(4-5-20(13)8-12(10)18(15)22)19-16(7-14(17)21)24-9-25-19/h2-8H,9H2,1H3,(H,21,22)/p+1. The summed E-state index contributed by atoms with van der Waals surface area (Å²) in [6.45, 7) is 0.143. The van der Waals surface area contributed by atoms with E-state index >= 15 is 0 Å². The predicted molar refractivity (Wildman–Crippen MR) is 90.6 cm³/mol. The van der Waals surface area contributed by atoms with Gasteiger partial charge in [-0.2, -0.15) is 4.40 Å². The smallest absolute Gasteiger partial charge is 0.231 e. The highest BCUT2D eigenvalue weighted by molar-refractivity contribution is 6.05. The van der Waals surface area contributed by atoms with Crippen LogP contribution in [0.4, 0.5) is 0 Å². The lowest BCUT2D eigenvalue weighted by Gasteiger charge is -2.08. The van der Waals surface area contributed by atoms with E-state index in [9.17, 15) is 10.2 Å². The van der Waals surface area contributed by atoms with Gasteiger partial charge in [0, 0.05) is 23.6 Å². The number of nitrogens with zero attached hydrogens (tertiary/aromatic N) is 1. The lowest BCUT2D eigenvalue weighted by molar-refractivity contribution is -0.509. The van der Waals surface area contributed by atoms with Crippen LogP contribution in [0.25, 0.3) is 27.1 Å². The second kappa shape index (κ2) is 4.80. The molecule has 0 aliphatic carbocycles. The van der Waals surface area contributed by atoms with Crippen molar-refractivity contribution in [2.75, 3.05) is 13.9 Å². The molecule has 5 rings (SSSR count). The highest BCUT2D eigenvalue weighted by Gasteiger charge is 2.24. The molecule has 1 aliphatic heterocycles. The summed E-state index contributed by atoms with van der Waals surface area (Å²) in [4.78, 5) is 0. The molecule has 2 aromatic heterocycles. The highest BCUT2D eigenvalue weighted by atomic mass is 16.7. The van der Waals surface area contributed by atoms with Gasteiger partial charge in [-0.15, -0.1) is 0 Å². The first-order valence-electron chi connectivity index (χ1n) is 7.76. The largest absolute Gasteiger partial charge is 0.507 e. The molecule has 1 aliphatic rings. The molecule has 4 aromatic rings. The Morgan fingerprint density at radius 2 is 1.96 bits per heavy atom. The number of hydrogen-bond donors (Lipinski definition) is 2. The molecule has 0 fully saturated rings. The van der Waals surface area contributed by atoms with Gasteiger partial charge in [0.2, 0.25) is 12.3 Å². The van der Waals surface area contributed by atoms with Crippen LogP contribution in [-0.2, 0) is 0 Å². The number of aromatic nitrogens is 1. The van der Waals surface area contributed by atoms with Crippen molar-refractivity contribution in [1.82, 2.24) is 0 Å². The number of methoxy groups -OCH3 is 1. The normalized spacial score (nSPS) is 13.0. The van der Waals surface area contributed by atoms with Gasteiger partial charge < -0.3 is 24.4 Å². The summed E-state index contributed by atoms with van der Waals surface area (Å²) in [6, 6.07) is 8.93. The summed E-state index contributed by atoms with van der Waals surface area (Å²) in [6.07, 6.45) is 3.67. The van der Waals surface area contributed by atoms with Crippen molar-refractivity contribution in [1.29, 1.82) is 0 Å². The van der Waals surface area contributed by atoms with Crippen molar-refractivity contribution in [2.24, 2.45) is 0 Å². The molecule has 0 atom stereocenters. The van der Waals surface area contributed by atoms with E-state index in [1.54, 1.807) is 12.1 Å². The Morgan fingerprint density at radius 3 is 2.80 bits per heavy atom. The van der Waals surface area contributed by atoms with Crippen LogP contribution >= 0.6 is 0 Å². The lowest BCUT2D eigenvalue weighted by atomic mass is 10.0. The van der Waals surface area contributed by atoms with Crippen LogP contribution in [0, 0.1) is 0 Å². The first-order valence-corrected chi connectivity index (χ1v) is 7.76. The molecular formula is C19H14NO5+. The van der Waals surface area contributed by atoms with Gasteiger partial charge in [0.25, 0.3) is 0 Å². The Kier molecular flexibility index (Phi) is 2.68. The summed E-state index contributed by atoms with van der Waals surface area (Å²) in [5, 5.41) is 23.9. The summed E-state index contributed by atoms with van der Waals surface area (Å²) >= 11 is 0. The van der Waals surface area contributed by atoms with E-state index in [4.69, 9.17) is 14.2 Å². The Morgan fingerprint density at radius 1 is 1.08 bits per heavy atom. The third-order valence-corrected chi connectivity index (χ3v) is 4.61. The van der Waals surface area contributed by atoms with Crippen LogP contribution < -0.4 is 18.6 Å². The topological polar surface area (TPSA) is 72.3 Å². The number of pyridine rings is 2. The maximum absolute atomic E-state index is 10.5. The number of hydrogen-bond acceptors (Lipinski definition) is 5. The number of rotatable bonds is 1. The number of fused-ring (bicyclic) bond motifs is 6. The van der Waals surface area contributed by atoms with Crippen molar-refractivity contribution < 1.29 is 28.8 Å². The van der Waals surface area contributed by atoms with Crippen LogP contribution in [0.5, 0.6) is 28.7 Å². The first kappa shape index (κ1) is 14.0. The molecule has 2 aromatic carbocycles. The van der Waals surface area contributed by atoms with Gasteiger partial charge in [-0.1, -0.05) is 0 Å². The van der Waals surface area contributed by atoms with Crippen molar-refractivity contribution >= 4 is 27.1 Å². The average molecular weight is 336 g/mol. The number of phenolic OH excluding ortho intramolecular Hbond substituents is 2. The summed E-state index contributed by atoms with van der Waals surface area (Å²) in [5.41, 5.74) is 0.797. The van der Waals surface area contributed by atoms with Crippen LogP contribution in [0.2, 0.25) is 0 Å². The minimum Gasteiger partial charge on any atom is -0.507 e. The summed E-state index contributed by atoms with van der Waals surface area (Å²) in [7, 11) is 1.52.